The second-order valence-corrected chi connectivity index (χ2v) is 12.7. The molecule has 1 saturated heterocycles. The van der Waals surface area contributed by atoms with Gasteiger partial charge < -0.3 is 44.8 Å². The second-order valence-electron chi connectivity index (χ2n) is 12.7. The lowest BCUT2D eigenvalue weighted by atomic mass is 9.85. The summed E-state index contributed by atoms with van der Waals surface area (Å²) in [5.41, 5.74) is 9.15. The molecule has 272 valence electrons. The summed E-state index contributed by atoms with van der Waals surface area (Å²) in [7, 11) is 1.66. The molecule has 11 heteroatoms. The molecular weight excluding hydrogens is 638 g/mol. The van der Waals surface area contributed by atoms with Gasteiger partial charge in [-0.25, -0.2) is 0 Å². The van der Waals surface area contributed by atoms with E-state index in [0.29, 0.717) is 59.1 Å². The highest BCUT2D eigenvalue weighted by Crippen LogP contribution is 2.32. The number of amides is 1. The van der Waals surface area contributed by atoms with Crippen molar-refractivity contribution < 1.29 is 38.0 Å². The third kappa shape index (κ3) is 12.0. The molecule has 1 unspecified atom stereocenters. The average molecular weight is 692 g/mol. The van der Waals surface area contributed by atoms with Crippen molar-refractivity contribution in [3.8, 4) is 17.2 Å². The number of carbonyl (C=O) groups is 2. The zero-order valence-electron chi connectivity index (χ0n) is 29.7. The van der Waals surface area contributed by atoms with E-state index >= 15 is 0 Å². The first-order chi connectivity index (χ1) is 24.3. The largest absolute Gasteiger partial charge is 0.496 e. The van der Waals surface area contributed by atoms with Crippen LogP contribution in [0.15, 0.2) is 72.8 Å². The topological polar surface area (TPSA) is 140 Å². The predicted molar refractivity (Wildman–Crippen MR) is 192 cm³/mol. The number of esters is 1. The molecule has 0 aromatic heterocycles. The molecule has 0 saturated carbocycles. The highest BCUT2D eigenvalue weighted by Gasteiger charge is 2.38. The van der Waals surface area contributed by atoms with Crippen LogP contribution in [0.25, 0.3) is 0 Å². The molecule has 3 aromatic carbocycles. The summed E-state index contributed by atoms with van der Waals surface area (Å²) in [4.78, 5) is 24.2. The van der Waals surface area contributed by atoms with E-state index in [-0.39, 0.29) is 23.8 Å². The number of nitrogens with one attached hydrogen (secondary N) is 2. The zero-order chi connectivity index (χ0) is 35.7. The molecule has 1 aliphatic rings. The highest BCUT2D eigenvalue weighted by molar-refractivity contribution is 5.76. The second kappa shape index (κ2) is 20.5. The fourth-order valence-electron chi connectivity index (χ4n) is 5.79. The van der Waals surface area contributed by atoms with Crippen molar-refractivity contribution in [3.05, 3.63) is 89.5 Å². The van der Waals surface area contributed by atoms with E-state index in [1.165, 1.54) is 6.92 Å². The monoisotopic (exact) mass is 691 g/mol. The maximum atomic E-state index is 13.0. The molecule has 0 aliphatic carbocycles. The Morgan fingerprint density at radius 1 is 0.860 bits per heavy atom. The van der Waals surface area contributed by atoms with Crippen molar-refractivity contribution in [1.82, 2.24) is 10.6 Å². The summed E-state index contributed by atoms with van der Waals surface area (Å²) in [6.45, 7) is 9.10. The van der Waals surface area contributed by atoms with Gasteiger partial charge in [0.05, 0.1) is 39.6 Å². The number of benzene rings is 3. The van der Waals surface area contributed by atoms with E-state index in [1.807, 2.05) is 86.6 Å². The number of hydrogen-bond donors (Lipinski definition) is 3. The van der Waals surface area contributed by atoms with Crippen LogP contribution in [-0.4, -0.2) is 83.3 Å². The summed E-state index contributed by atoms with van der Waals surface area (Å²) >= 11 is 0. The van der Waals surface area contributed by atoms with Gasteiger partial charge in [-0.05, 0) is 47.7 Å². The van der Waals surface area contributed by atoms with Crippen LogP contribution >= 0.6 is 0 Å². The molecular formula is C39H53N3O8. The van der Waals surface area contributed by atoms with Crippen LogP contribution in [0.3, 0.4) is 0 Å². The van der Waals surface area contributed by atoms with Crippen LogP contribution in [0.1, 0.15) is 49.8 Å². The highest BCUT2D eigenvalue weighted by atomic mass is 16.6. The number of nitrogens with two attached hydrogens (primary N) is 1. The lowest BCUT2D eigenvalue weighted by Gasteiger charge is -2.38. The number of piperidine rings is 1. The van der Waals surface area contributed by atoms with Gasteiger partial charge in [0.15, 0.2) is 0 Å². The third-order valence-corrected chi connectivity index (χ3v) is 8.58. The summed E-state index contributed by atoms with van der Waals surface area (Å²) in [6.07, 6.45) is 0.627. The van der Waals surface area contributed by atoms with Gasteiger partial charge in [0, 0.05) is 44.5 Å². The summed E-state index contributed by atoms with van der Waals surface area (Å²) < 4.78 is 35.7. The van der Waals surface area contributed by atoms with Crippen LogP contribution in [0.5, 0.6) is 17.2 Å². The molecule has 4 rings (SSSR count). The Morgan fingerprint density at radius 2 is 1.56 bits per heavy atom. The molecule has 1 aliphatic heterocycles. The Kier molecular flexibility index (Phi) is 15.8. The van der Waals surface area contributed by atoms with Crippen LogP contribution in [-0.2, 0) is 36.8 Å². The summed E-state index contributed by atoms with van der Waals surface area (Å²) in [6, 6.07) is 22.8. The van der Waals surface area contributed by atoms with Crippen molar-refractivity contribution in [2.45, 2.75) is 64.4 Å². The van der Waals surface area contributed by atoms with Gasteiger partial charge in [-0.3, -0.25) is 9.59 Å². The molecule has 1 amide bonds. The lowest BCUT2D eigenvalue weighted by molar-refractivity contribution is -0.156. The first-order valence-corrected chi connectivity index (χ1v) is 17.4. The van der Waals surface area contributed by atoms with E-state index < -0.39 is 18.1 Å². The Labute approximate surface area is 296 Å². The van der Waals surface area contributed by atoms with Gasteiger partial charge in [-0.15, -0.1) is 0 Å². The van der Waals surface area contributed by atoms with Crippen LogP contribution < -0.4 is 30.6 Å². The van der Waals surface area contributed by atoms with Crippen LogP contribution in [0.4, 0.5) is 0 Å². The SMILES string of the molecule is COc1ccccc1COCCCOc1ccc(C2[C@@H](OCCOc3ccccc3CCNC(C)=O)CNC[C@H]2OC(=O)[C@@H](N)C(C)C)cc1. The molecule has 0 radical (unpaired) electrons. The average Bonchev–Trinajstić information content (AvgIpc) is 3.12. The Balaban J connectivity index is 1.33. The Morgan fingerprint density at radius 3 is 2.28 bits per heavy atom. The fourth-order valence-corrected chi connectivity index (χ4v) is 5.79. The van der Waals surface area contributed by atoms with E-state index in [4.69, 9.17) is 34.2 Å². The zero-order valence-corrected chi connectivity index (χ0v) is 29.7. The lowest BCUT2D eigenvalue weighted by Crippen LogP contribution is -2.53. The van der Waals surface area contributed by atoms with E-state index in [0.717, 1.165) is 40.4 Å². The van der Waals surface area contributed by atoms with Crippen molar-refractivity contribution >= 4 is 11.9 Å². The van der Waals surface area contributed by atoms with Crippen molar-refractivity contribution in [1.29, 1.82) is 0 Å². The van der Waals surface area contributed by atoms with Gasteiger partial charge in [0.25, 0.3) is 0 Å². The standard InChI is InChI=1S/C39H53N3O8/c1-27(2)38(40)39(44)50-36-25-41-24-35(49-23-22-48-34-13-8-5-10-29(34)18-19-42-28(3)43)37(36)30-14-16-32(17-15-30)47-21-9-20-46-26-31-11-6-7-12-33(31)45-4/h5-8,10-17,27,35-38,41H,9,18-26,40H2,1-4H3,(H,42,43)/t35-,36+,37?,38-/m0/s1. The first kappa shape index (κ1) is 38.6. The van der Waals surface area contributed by atoms with Gasteiger partial charge >= 0.3 is 5.97 Å². The molecule has 3 aromatic rings. The maximum absolute atomic E-state index is 13.0. The number of methoxy groups -OCH3 is 1. The van der Waals surface area contributed by atoms with Crippen molar-refractivity contribution in [2.75, 3.05) is 53.2 Å². The van der Waals surface area contributed by atoms with Crippen molar-refractivity contribution in [2.24, 2.45) is 11.7 Å². The summed E-state index contributed by atoms with van der Waals surface area (Å²) in [5.74, 6) is 1.54. The quantitative estimate of drug-likeness (QED) is 0.115. The number of carbonyl (C=O) groups excluding carboxylic acids is 2. The molecule has 0 bridgehead atoms. The van der Waals surface area contributed by atoms with Crippen LogP contribution in [0, 0.1) is 5.92 Å². The van der Waals surface area contributed by atoms with Gasteiger partial charge in [0.2, 0.25) is 5.91 Å². The minimum Gasteiger partial charge on any atom is -0.496 e. The minimum atomic E-state index is -0.717. The van der Waals surface area contributed by atoms with E-state index in [2.05, 4.69) is 10.6 Å². The predicted octanol–water partition coefficient (Wildman–Crippen LogP) is 4.41. The molecule has 50 heavy (non-hydrogen) atoms. The Hall–Kier alpha value is -4.16. The first-order valence-electron chi connectivity index (χ1n) is 17.4. The molecule has 4 atom stereocenters. The summed E-state index contributed by atoms with van der Waals surface area (Å²) in [5, 5.41) is 6.19. The third-order valence-electron chi connectivity index (χ3n) is 8.58. The molecule has 4 N–H and O–H groups in total. The van der Waals surface area contributed by atoms with Gasteiger partial charge in [-0.1, -0.05) is 62.4 Å². The molecule has 1 heterocycles. The smallest absolute Gasteiger partial charge is 0.323 e. The van der Waals surface area contributed by atoms with Gasteiger partial charge in [0.1, 0.15) is 36.0 Å². The van der Waals surface area contributed by atoms with Crippen molar-refractivity contribution in [3.63, 3.8) is 0 Å². The molecule has 11 nitrogen and oxygen atoms in total. The maximum Gasteiger partial charge on any atom is 0.323 e. The fraction of sp³-hybridized carbons (Fsp3) is 0.487. The normalized spacial score (nSPS) is 17.9. The van der Waals surface area contributed by atoms with E-state index in [1.54, 1.807) is 7.11 Å². The number of ether oxygens (including phenoxy) is 6. The number of para-hydroxylation sites is 2. The molecule has 0 spiro atoms. The van der Waals surface area contributed by atoms with E-state index in [9.17, 15) is 9.59 Å². The minimum absolute atomic E-state index is 0.0502. The number of hydrogen-bond acceptors (Lipinski definition) is 10. The van der Waals surface area contributed by atoms with Gasteiger partial charge in [-0.2, -0.15) is 0 Å². The number of rotatable bonds is 20. The van der Waals surface area contributed by atoms with Crippen LogP contribution in [0.2, 0.25) is 0 Å². The Bertz CT molecular complexity index is 1470. The molecule has 1 fully saturated rings.